The number of aliphatic carboxylic acids is 2. The summed E-state index contributed by atoms with van der Waals surface area (Å²) in [6.45, 7) is 42.3. The van der Waals surface area contributed by atoms with Crippen LogP contribution in [0.25, 0.3) is 0 Å². The van der Waals surface area contributed by atoms with Crippen LogP contribution in [0.2, 0.25) is 0 Å². The maximum atomic E-state index is 12.0. The van der Waals surface area contributed by atoms with Gasteiger partial charge < -0.3 is 34.2 Å². The summed E-state index contributed by atoms with van der Waals surface area (Å²) in [7, 11) is 0. The Labute approximate surface area is 319 Å². The van der Waals surface area contributed by atoms with Crippen molar-refractivity contribution in [3.8, 4) is 0 Å². The first-order valence-electron chi connectivity index (χ1n) is 17.2. The average Bonchev–Trinajstić information content (AvgIpc) is 3.69. The Kier molecular flexibility index (Phi) is 21.4. The molecule has 11 nitrogen and oxygen atoms in total. The molecular formula is C39H68MnN4O7. The van der Waals surface area contributed by atoms with E-state index in [0.29, 0.717) is 0 Å². The summed E-state index contributed by atoms with van der Waals surface area (Å²) in [4.78, 5) is 66.7. The third-order valence-electron chi connectivity index (χ3n) is 10.3. The van der Waals surface area contributed by atoms with Crippen LogP contribution >= 0.6 is 0 Å². The van der Waals surface area contributed by atoms with Gasteiger partial charge in [-0.05, 0) is 25.7 Å². The van der Waals surface area contributed by atoms with Crippen molar-refractivity contribution in [2.75, 3.05) is 0 Å². The van der Waals surface area contributed by atoms with Gasteiger partial charge in [-0.25, -0.2) is 0 Å². The number of carbonyl (C=O) groups excluding carboxylic acids is 5. The maximum absolute atomic E-state index is 12.0. The van der Waals surface area contributed by atoms with E-state index in [2.05, 4.69) is 103 Å². The van der Waals surface area contributed by atoms with E-state index >= 15 is 0 Å². The van der Waals surface area contributed by atoms with Crippen molar-refractivity contribution >= 4 is 55.2 Å². The first-order chi connectivity index (χ1) is 22.5. The van der Waals surface area contributed by atoms with Crippen molar-refractivity contribution in [3.05, 3.63) is 0 Å². The van der Waals surface area contributed by atoms with Crippen LogP contribution in [0.5, 0.6) is 0 Å². The molecule has 2 heterocycles. The summed E-state index contributed by atoms with van der Waals surface area (Å²) in [6.07, 6.45) is 3.49. The van der Waals surface area contributed by atoms with E-state index in [1.165, 1.54) is 0 Å². The monoisotopic (exact) mass is 759 g/mol. The smallest absolute Gasteiger partial charge is 0.545 e. The number of carboxylic acid groups (broad SMARTS) is 2. The van der Waals surface area contributed by atoms with Crippen LogP contribution in [-0.2, 0) is 41.0 Å². The summed E-state index contributed by atoms with van der Waals surface area (Å²) >= 11 is 0. The fourth-order valence-corrected chi connectivity index (χ4v) is 4.93. The Hall–Kier alpha value is -2.85. The topological polar surface area (TPSA) is 181 Å². The molecule has 0 unspecified atom stereocenters. The van der Waals surface area contributed by atoms with Gasteiger partial charge in [0.05, 0.1) is 34.8 Å². The maximum Gasteiger partial charge on any atom is 2.00 e. The van der Waals surface area contributed by atoms with Crippen LogP contribution in [0.15, 0.2) is 20.0 Å². The van der Waals surface area contributed by atoms with Crippen LogP contribution in [-0.4, -0.2) is 66.5 Å². The Morgan fingerprint density at radius 2 is 0.588 bits per heavy atom. The fourth-order valence-electron chi connectivity index (χ4n) is 4.93. The van der Waals surface area contributed by atoms with Crippen molar-refractivity contribution in [1.29, 1.82) is 0 Å². The van der Waals surface area contributed by atoms with Crippen LogP contribution in [0.4, 0.5) is 0 Å². The molecule has 293 valence electrons. The quantitative estimate of drug-likeness (QED) is 0.247. The van der Waals surface area contributed by atoms with E-state index in [1.54, 1.807) is 0 Å². The van der Waals surface area contributed by atoms with E-state index in [4.69, 9.17) is 14.4 Å². The molecule has 0 bridgehead atoms. The molecule has 0 aromatic rings. The molecule has 0 amide bonds. The molecule has 2 aliphatic rings. The molecular weight excluding hydrogens is 691 g/mol. The van der Waals surface area contributed by atoms with Gasteiger partial charge >= 0.3 is 17.1 Å². The number of rotatable bonds is 10. The Bertz CT molecular complexity index is 1130. The van der Waals surface area contributed by atoms with Crippen molar-refractivity contribution < 1.29 is 51.3 Å². The fraction of sp³-hybridized carbons (Fsp3) is 0.769. The van der Waals surface area contributed by atoms with Gasteiger partial charge in [0.1, 0.15) is 20.4 Å². The van der Waals surface area contributed by atoms with E-state index in [1.807, 2.05) is 61.9 Å². The number of carboxylic acids is 2. The van der Waals surface area contributed by atoms with Gasteiger partial charge in [0.15, 0.2) is 11.3 Å². The summed E-state index contributed by atoms with van der Waals surface area (Å²) in [6, 6.07) is 0. The molecule has 0 saturated heterocycles. The number of carbonyl (C=O) groups is 5. The second-order valence-corrected chi connectivity index (χ2v) is 17.2. The summed E-state index contributed by atoms with van der Waals surface area (Å²) < 4.78 is 0. The van der Waals surface area contributed by atoms with Crippen molar-refractivity contribution in [1.82, 2.24) is 0 Å². The molecule has 0 fully saturated rings. The van der Waals surface area contributed by atoms with E-state index in [9.17, 15) is 19.8 Å². The van der Waals surface area contributed by atoms with E-state index < -0.39 is 34.1 Å². The molecule has 2 rings (SSSR count). The standard InChI is InChI=1S/2C18H32N2O2.3CH2O.Mn/c2*1-10-16(6,7)12-13(17(8,9)11-2)20-18(19-12,14(21)22)15(3,4)5;3*1-2;/h2*10-11H2,1-9H3,(H,21,22);3*1H2;/q;;;;;+2/p-2. The first kappa shape index (κ1) is 54.9. The third kappa shape index (κ3) is 11.6. The average molecular weight is 760 g/mol. The number of hydrogen-bond donors (Lipinski definition) is 0. The van der Waals surface area contributed by atoms with Crippen LogP contribution in [0.1, 0.15) is 150 Å². The summed E-state index contributed by atoms with van der Waals surface area (Å²) in [5, 5.41) is 23.9. The van der Waals surface area contributed by atoms with Gasteiger partial charge in [-0.15, -0.1) is 0 Å². The van der Waals surface area contributed by atoms with Gasteiger partial charge in [0.25, 0.3) is 0 Å². The summed E-state index contributed by atoms with van der Waals surface area (Å²) in [5.74, 6) is -2.43. The van der Waals surface area contributed by atoms with Crippen LogP contribution in [0.3, 0.4) is 0 Å². The molecule has 2 aliphatic heterocycles. The van der Waals surface area contributed by atoms with Gasteiger partial charge in [-0.2, -0.15) is 0 Å². The minimum Gasteiger partial charge on any atom is -0.545 e. The minimum absolute atomic E-state index is 0. The zero-order chi connectivity index (χ0) is 41.1. The van der Waals surface area contributed by atoms with Gasteiger partial charge in [-0.1, -0.05) is 125 Å². The third-order valence-corrected chi connectivity index (χ3v) is 10.3. The predicted octanol–water partition coefficient (Wildman–Crippen LogP) is 5.94. The Morgan fingerprint density at radius 1 is 0.451 bits per heavy atom. The molecule has 0 N–H and O–H groups in total. The molecule has 0 spiro atoms. The van der Waals surface area contributed by atoms with Crippen molar-refractivity contribution in [3.63, 3.8) is 0 Å². The van der Waals surface area contributed by atoms with Gasteiger partial charge in [0.2, 0.25) is 0 Å². The second-order valence-electron chi connectivity index (χ2n) is 17.2. The molecule has 0 aromatic heterocycles. The predicted molar refractivity (Wildman–Crippen MR) is 202 cm³/mol. The number of nitrogens with zero attached hydrogens (tertiary/aromatic N) is 4. The van der Waals surface area contributed by atoms with Crippen LogP contribution < -0.4 is 10.2 Å². The molecule has 0 saturated carbocycles. The number of aliphatic imine (C=N–C) groups is 4. The molecule has 0 aliphatic carbocycles. The van der Waals surface area contributed by atoms with E-state index in [-0.39, 0.29) is 38.7 Å². The zero-order valence-corrected chi connectivity index (χ0v) is 36.2. The van der Waals surface area contributed by atoms with Gasteiger partial charge in [0, 0.05) is 32.5 Å². The molecule has 0 aromatic carbocycles. The SMILES string of the molecule is C=O.C=O.C=O.CCC(C)(C)C1=NC(C(=O)[O-])(C(C)(C)C)N=C1C(C)(C)CC.CCC(C)(C)C1=NC(C(=O)[O-])(C(C)(C)C)N=C1C(C)(C)CC.[Mn+2]. The molecule has 0 atom stereocenters. The van der Waals surface area contributed by atoms with Crippen molar-refractivity contribution in [2.24, 2.45) is 52.5 Å². The van der Waals surface area contributed by atoms with E-state index in [0.717, 1.165) is 48.5 Å². The molecule has 51 heavy (non-hydrogen) atoms. The minimum atomic E-state index is -1.53. The first-order valence-corrected chi connectivity index (χ1v) is 17.2. The normalized spacial score (nSPS) is 16.6. The molecule has 1 radical (unpaired) electrons. The van der Waals surface area contributed by atoms with Crippen LogP contribution in [0, 0.1) is 32.5 Å². The summed E-state index contributed by atoms with van der Waals surface area (Å²) in [5.41, 5.74) is -1.93. The van der Waals surface area contributed by atoms with Gasteiger partial charge in [-0.3, -0.25) is 20.0 Å². The Morgan fingerprint density at radius 3 is 0.667 bits per heavy atom. The zero-order valence-electron chi connectivity index (χ0n) is 35.0. The van der Waals surface area contributed by atoms with Crippen molar-refractivity contribution in [2.45, 2.75) is 162 Å². The Balaban J connectivity index is -0.000000371. The largest absolute Gasteiger partial charge is 2.00 e. The number of hydrogen-bond acceptors (Lipinski definition) is 11. The second kappa shape index (κ2) is 19.8. The molecule has 12 heteroatoms.